The van der Waals surface area contributed by atoms with Gasteiger partial charge in [-0.1, -0.05) is 19.9 Å². The molecule has 0 saturated carbocycles. The summed E-state index contributed by atoms with van der Waals surface area (Å²) in [7, 11) is 0. The van der Waals surface area contributed by atoms with Crippen LogP contribution in [0.3, 0.4) is 0 Å². The van der Waals surface area contributed by atoms with Gasteiger partial charge in [0.15, 0.2) is 0 Å². The van der Waals surface area contributed by atoms with Crippen molar-refractivity contribution in [3.63, 3.8) is 0 Å². The minimum Gasteiger partial charge on any atom is -0.352 e. The Balaban J connectivity index is 2.59. The topological polar surface area (TPSA) is 55.1 Å². The van der Waals surface area contributed by atoms with Gasteiger partial charge in [-0.25, -0.2) is 8.78 Å². The maximum Gasteiger partial charge on any atom is 0.224 e. The van der Waals surface area contributed by atoms with Crippen LogP contribution >= 0.6 is 0 Å². The van der Waals surface area contributed by atoms with Gasteiger partial charge in [-0.05, 0) is 24.0 Å². The third kappa shape index (κ3) is 5.34. The predicted molar refractivity (Wildman–Crippen MR) is 70.5 cm³/mol. The number of nitrogens with one attached hydrogen (secondary N) is 1. The predicted octanol–water partition coefficient (Wildman–Crippen LogP) is 2.00. The molecule has 19 heavy (non-hydrogen) atoms. The average molecular weight is 270 g/mol. The van der Waals surface area contributed by atoms with Gasteiger partial charge in [0.1, 0.15) is 11.6 Å². The molecule has 1 unspecified atom stereocenters. The van der Waals surface area contributed by atoms with Crippen LogP contribution in [0.15, 0.2) is 18.2 Å². The van der Waals surface area contributed by atoms with Gasteiger partial charge < -0.3 is 11.1 Å². The molecular weight excluding hydrogens is 250 g/mol. The van der Waals surface area contributed by atoms with Crippen molar-refractivity contribution >= 4 is 5.91 Å². The Labute approximate surface area is 112 Å². The Morgan fingerprint density at radius 2 is 2.05 bits per heavy atom. The van der Waals surface area contributed by atoms with E-state index in [1.54, 1.807) is 0 Å². The first kappa shape index (κ1) is 15.6. The number of carbonyl (C=O) groups excluding carboxylic acids is 1. The van der Waals surface area contributed by atoms with Crippen LogP contribution in [-0.4, -0.2) is 18.5 Å². The van der Waals surface area contributed by atoms with E-state index in [2.05, 4.69) is 5.32 Å². The lowest BCUT2D eigenvalue weighted by atomic mass is 10.0. The molecule has 0 aromatic heterocycles. The van der Waals surface area contributed by atoms with Gasteiger partial charge in [0.25, 0.3) is 0 Å². The maximum atomic E-state index is 13.4. The Hall–Kier alpha value is -1.49. The van der Waals surface area contributed by atoms with Crippen LogP contribution < -0.4 is 11.1 Å². The molecule has 0 radical (unpaired) electrons. The number of amides is 1. The molecule has 0 heterocycles. The molecule has 0 fully saturated rings. The smallest absolute Gasteiger partial charge is 0.224 e. The summed E-state index contributed by atoms with van der Waals surface area (Å²) < 4.78 is 26.1. The Kier molecular flexibility index (Phi) is 5.89. The van der Waals surface area contributed by atoms with Gasteiger partial charge in [-0.3, -0.25) is 4.79 Å². The quantitative estimate of drug-likeness (QED) is 0.830. The van der Waals surface area contributed by atoms with Crippen molar-refractivity contribution in [2.24, 2.45) is 11.7 Å². The Bertz CT molecular complexity index is 435. The first-order chi connectivity index (χ1) is 8.92. The summed E-state index contributed by atoms with van der Waals surface area (Å²) in [5.41, 5.74) is 5.75. The fourth-order valence-corrected chi connectivity index (χ4v) is 1.90. The molecule has 0 saturated heterocycles. The number of carbonyl (C=O) groups is 1. The second kappa shape index (κ2) is 7.19. The molecule has 1 aromatic rings. The molecular formula is C14H20F2N2O. The van der Waals surface area contributed by atoms with E-state index >= 15 is 0 Å². The summed E-state index contributed by atoms with van der Waals surface area (Å²) in [6.07, 6.45) is 0.662. The molecule has 1 amide bonds. The number of benzene rings is 1. The number of hydrogen-bond acceptors (Lipinski definition) is 2. The van der Waals surface area contributed by atoms with Gasteiger partial charge in [0.05, 0.1) is 6.42 Å². The molecule has 3 N–H and O–H groups in total. The summed E-state index contributed by atoms with van der Waals surface area (Å²) in [6, 6.07) is 3.08. The number of halogens is 2. The van der Waals surface area contributed by atoms with Crippen LogP contribution in [0.5, 0.6) is 0 Å². The maximum absolute atomic E-state index is 13.4. The monoisotopic (exact) mass is 270 g/mol. The van der Waals surface area contributed by atoms with Crippen molar-refractivity contribution in [2.45, 2.75) is 32.7 Å². The van der Waals surface area contributed by atoms with E-state index in [1.807, 2.05) is 13.8 Å². The molecule has 0 bridgehead atoms. The van der Waals surface area contributed by atoms with E-state index in [9.17, 15) is 13.6 Å². The highest BCUT2D eigenvalue weighted by Crippen LogP contribution is 2.10. The van der Waals surface area contributed by atoms with Gasteiger partial charge in [-0.2, -0.15) is 0 Å². The third-order valence-electron chi connectivity index (χ3n) is 2.77. The van der Waals surface area contributed by atoms with Gasteiger partial charge in [-0.15, -0.1) is 0 Å². The molecule has 1 aromatic carbocycles. The zero-order valence-electron chi connectivity index (χ0n) is 11.2. The van der Waals surface area contributed by atoms with Crippen molar-refractivity contribution in [1.29, 1.82) is 0 Å². The molecule has 0 aliphatic rings. The fraction of sp³-hybridized carbons (Fsp3) is 0.500. The van der Waals surface area contributed by atoms with E-state index in [1.165, 1.54) is 6.07 Å². The lowest BCUT2D eigenvalue weighted by molar-refractivity contribution is -0.121. The molecule has 0 aliphatic carbocycles. The van der Waals surface area contributed by atoms with Crippen molar-refractivity contribution in [3.8, 4) is 0 Å². The summed E-state index contributed by atoms with van der Waals surface area (Å²) >= 11 is 0. The van der Waals surface area contributed by atoms with Crippen LogP contribution in [0, 0.1) is 17.6 Å². The first-order valence-electron chi connectivity index (χ1n) is 6.35. The van der Waals surface area contributed by atoms with Crippen molar-refractivity contribution in [2.75, 3.05) is 6.54 Å². The normalized spacial score (nSPS) is 12.5. The molecule has 3 nitrogen and oxygen atoms in total. The summed E-state index contributed by atoms with van der Waals surface area (Å²) in [6.45, 7) is 4.42. The number of hydrogen-bond donors (Lipinski definition) is 2. The summed E-state index contributed by atoms with van der Waals surface area (Å²) in [5.74, 6) is -1.25. The standard InChI is InChI=1S/C14H20F2N2O/c1-9(2)5-12(8-17)18-14(19)6-10-3-4-11(15)7-13(10)16/h3-4,7,9,12H,5-6,8,17H2,1-2H3,(H,18,19). The molecule has 5 heteroatoms. The largest absolute Gasteiger partial charge is 0.352 e. The Morgan fingerprint density at radius 3 is 2.58 bits per heavy atom. The highest BCUT2D eigenvalue weighted by molar-refractivity contribution is 5.78. The van der Waals surface area contributed by atoms with Crippen LogP contribution in [-0.2, 0) is 11.2 Å². The highest BCUT2D eigenvalue weighted by Gasteiger charge is 2.14. The first-order valence-corrected chi connectivity index (χ1v) is 6.35. The van der Waals surface area contributed by atoms with E-state index < -0.39 is 11.6 Å². The molecule has 0 spiro atoms. The van der Waals surface area contributed by atoms with Crippen LogP contribution in [0.2, 0.25) is 0 Å². The van der Waals surface area contributed by atoms with Crippen molar-refractivity contribution < 1.29 is 13.6 Å². The van der Waals surface area contributed by atoms with E-state index in [-0.39, 0.29) is 23.9 Å². The lowest BCUT2D eigenvalue weighted by Crippen LogP contribution is -2.41. The molecule has 1 rings (SSSR count). The van der Waals surface area contributed by atoms with Gasteiger partial charge >= 0.3 is 0 Å². The minimum absolute atomic E-state index is 0.110. The summed E-state index contributed by atoms with van der Waals surface area (Å²) in [4.78, 5) is 11.8. The van der Waals surface area contributed by atoms with Crippen molar-refractivity contribution in [1.82, 2.24) is 5.32 Å². The van der Waals surface area contributed by atoms with E-state index in [4.69, 9.17) is 5.73 Å². The zero-order chi connectivity index (χ0) is 14.4. The van der Waals surface area contributed by atoms with Crippen LogP contribution in [0.1, 0.15) is 25.8 Å². The third-order valence-corrected chi connectivity index (χ3v) is 2.77. The van der Waals surface area contributed by atoms with Crippen LogP contribution in [0.4, 0.5) is 8.78 Å². The Morgan fingerprint density at radius 1 is 1.37 bits per heavy atom. The summed E-state index contributed by atoms with van der Waals surface area (Å²) in [5, 5.41) is 2.76. The van der Waals surface area contributed by atoms with E-state index in [0.717, 1.165) is 18.6 Å². The SMILES string of the molecule is CC(C)CC(CN)NC(=O)Cc1ccc(F)cc1F. The second-order valence-corrected chi connectivity index (χ2v) is 5.04. The second-order valence-electron chi connectivity index (χ2n) is 5.04. The molecule has 106 valence electrons. The highest BCUT2D eigenvalue weighted by atomic mass is 19.1. The van der Waals surface area contributed by atoms with Gasteiger partial charge in [0, 0.05) is 18.7 Å². The average Bonchev–Trinajstić information content (AvgIpc) is 2.31. The number of nitrogens with two attached hydrogens (primary N) is 1. The zero-order valence-corrected chi connectivity index (χ0v) is 11.2. The number of rotatable bonds is 6. The van der Waals surface area contributed by atoms with E-state index in [0.29, 0.717) is 12.5 Å². The fourth-order valence-electron chi connectivity index (χ4n) is 1.90. The lowest BCUT2D eigenvalue weighted by Gasteiger charge is -2.18. The molecule has 0 aliphatic heterocycles. The molecule has 1 atom stereocenters. The minimum atomic E-state index is -0.705. The van der Waals surface area contributed by atoms with Gasteiger partial charge in [0.2, 0.25) is 5.91 Å². The van der Waals surface area contributed by atoms with Crippen molar-refractivity contribution in [3.05, 3.63) is 35.4 Å². The van der Waals surface area contributed by atoms with Crippen LogP contribution in [0.25, 0.3) is 0 Å².